The van der Waals surface area contributed by atoms with Crippen molar-refractivity contribution in [2.75, 3.05) is 13.7 Å². The Morgan fingerprint density at radius 2 is 2.04 bits per heavy atom. The van der Waals surface area contributed by atoms with Crippen LogP contribution in [0.3, 0.4) is 0 Å². The third kappa shape index (κ3) is 4.40. The molecule has 1 aromatic heterocycles. The molecule has 2 aromatic rings. The molecule has 0 aliphatic carbocycles. The topological polar surface area (TPSA) is 102 Å². The molecule has 0 radical (unpaired) electrons. The summed E-state index contributed by atoms with van der Waals surface area (Å²) >= 11 is 0. The molecule has 0 spiro atoms. The summed E-state index contributed by atoms with van der Waals surface area (Å²) in [6.07, 6.45) is 0.163. The third-order valence-electron chi connectivity index (χ3n) is 3.30. The van der Waals surface area contributed by atoms with Gasteiger partial charge in [-0.15, -0.1) is 0 Å². The highest BCUT2D eigenvalue weighted by Crippen LogP contribution is 2.19. The largest absolute Gasteiger partial charge is 0.480 e. The number of carbonyl (C=O) groups is 2. The minimum absolute atomic E-state index is 0.0377. The van der Waals surface area contributed by atoms with Gasteiger partial charge in [0.2, 0.25) is 5.76 Å². The van der Waals surface area contributed by atoms with Crippen LogP contribution in [0.25, 0.3) is 11.3 Å². The van der Waals surface area contributed by atoms with Crippen LogP contribution in [-0.2, 0) is 9.53 Å². The van der Waals surface area contributed by atoms with E-state index in [0.29, 0.717) is 5.69 Å². The molecule has 2 N–H and O–H groups in total. The summed E-state index contributed by atoms with van der Waals surface area (Å²) in [5.74, 6) is -1.79. The van der Waals surface area contributed by atoms with Crippen LogP contribution >= 0.6 is 0 Å². The molecule has 1 aromatic carbocycles. The molecule has 0 saturated carbocycles. The molecule has 0 aliphatic rings. The molecule has 1 atom stereocenters. The molecule has 0 bridgehead atoms. The Balaban J connectivity index is 2.08. The summed E-state index contributed by atoms with van der Waals surface area (Å²) in [5.41, 5.74) is 2.43. The van der Waals surface area contributed by atoms with Gasteiger partial charge in [-0.25, -0.2) is 4.79 Å². The molecule has 1 heterocycles. The van der Waals surface area contributed by atoms with Crippen molar-refractivity contribution in [2.45, 2.75) is 19.4 Å². The molecule has 2 rings (SSSR count). The Hall–Kier alpha value is -2.67. The van der Waals surface area contributed by atoms with Gasteiger partial charge in [0.25, 0.3) is 5.91 Å². The molecule has 0 fully saturated rings. The van der Waals surface area contributed by atoms with Crippen molar-refractivity contribution in [3.63, 3.8) is 0 Å². The Kier molecular flexibility index (Phi) is 5.48. The van der Waals surface area contributed by atoms with Crippen LogP contribution in [0, 0.1) is 6.92 Å². The second-order valence-corrected chi connectivity index (χ2v) is 5.09. The number of nitrogens with one attached hydrogen (secondary N) is 1. The first kappa shape index (κ1) is 16.7. The summed E-state index contributed by atoms with van der Waals surface area (Å²) in [6, 6.07) is 8.02. The highest BCUT2D eigenvalue weighted by Gasteiger charge is 2.23. The van der Waals surface area contributed by atoms with Gasteiger partial charge >= 0.3 is 5.97 Å². The minimum Gasteiger partial charge on any atom is -0.480 e. The van der Waals surface area contributed by atoms with E-state index in [2.05, 4.69) is 10.5 Å². The van der Waals surface area contributed by atoms with E-state index in [0.717, 1.165) is 11.1 Å². The van der Waals surface area contributed by atoms with Gasteiger partial charge in [-0.3, -0.25) is 4.79 Å². The van der Waals surface area contributed by atoms with Gasteiger partial charge in [-0.1, -0.05) is 35.0 Å². The van der Waals surface area contributed by atoms with Crippen molar-refractivity contribution in [2.24, 2.45) is 0 Å². The molecule has 7 heteroatoms. The molecule has 122 valence electrons. The van der Waals surface area contributed by atoms with E-state index in [-0.39, 0.29) is 18.8 Å². The highest BCUT2D eigenvalue weighted by molar-refractivity contribution is 5.95. The van der Waals surface area contributed by atoms with Crippen LogP contribution in [0.1, 0.15) is 22.5 Å². The standard InChI is InChI=1S/C16H18N2O5/c1-10-3-5-11(6-4-10)13-9-14(23-18-13)15(19)17-12(16(20)21)7-8-22-2/h3-6,9,12H,7-8H2,1-2H3,(H,17,19)(H,20,21). The number of aromatic nitrogens is 1. The van der Waals surface area contributed by atoms with Crippen LogP contribution in [0.2, 0.25) is 0 Å². The first-order valence-electron chi connectivity index (χ1n) is 7.07. The molecule has 23 heavy (non-hydrogen) atoms. The van der Waals surface area contributed by atoms with E-state index in [1.165, 1.54) is 13.2 Å². The molecule has 0 saturated heterocycles. The van der Waals surface area contributed by atoms with E-state index in [1.807, 2.05) is 31.2 Å². The van der Waals surface area contributed by atoms with Gasteiger partial charge in [0.05, 0.1) is 0 Å². The number of carboxylic acid groups (broad SMARTS) is 1. The van der Waals surface area contributed by atoms with E-state index in [1.54, 1.807) is 0 Å². The number of benzene rings is 1. The van der Waals surface area contributed by atoms with Crippen molar-refractivity contribution in [3.05, 3.63) is 41.7 Å². The fourth-order valence-corrected chi connectivity index (χ4v) is 1.97. The molecule has 1 unspecified atom stereocenters. The van der Waals surface area contributed by atoms with Crippen molar-refractivity contribution in [1.82, 2.24) is 10.5 Å². The van der Waals surface area contributed by atoms with Gasteiger partial charge in [-0.05, 0) is 6.92 Å². The van der Waals surface area contributed by atoms with E-state index < -0.39 is 17.9 Å². The fourth-order valence-electron chi connectivity index (χ4n) is 1.97. The maximum absolute atomic E-state index is 12.1. The normalized spacial score (nSPS) is 11.9. The number of hydrogen-bond acceptors (Lipinski definition) is 5. The second kappa shape index (κ2) is 7.55. The summed E-state index contributed by atoms with van der Waals surface area (Å²) in [5, 5.41) is 15.3. The lowest BCUT2D eigenvalue weighted by Gasteiger charge is -2.12. The number of aryl methyl sites for hydroxylation is 1. The smallest absolute Gasteiger partial charge is 0.326 e. The monoisotopic (exact) mass is 318 g/mol. The zero-order valence-corrected chi connectivity index (χ0v) is 12.9. The first-order chi connectivity index (χ1) is 11.0. The summed E-state index contributed by atoms with van der Waals surface area (Å²) in [4.78, 5) is 23.2. The Morgan fingerprint density at radius 1 is 1.35 bits per heavy atom. The number of methoxy groups -OCH3 is 1. The highest BCUT2D eigenvalue weighted by atomic mass is 16.5. The average molecular weight is 318 g/mol. The summed E-state index contributed by atoms with van der Waals surface area (Å²) in [6.45, 7) is 2.19. The van der Waals surface area contributed by atoms with Gasteiger partial charge < -0.3 is 19.7 Å². The van der Waals surface area contributed by atoms with Crippen molar-refractivity contribution in [1.29, 1.82) is 0 Å². The van der Waals surface area contributed by atoms with Crippen LogP contribution in [-0.4, -0.2) is 41.9 Å². The number of carboxylic acids is 1. The second-order valence-electron chi connectivity index (χ2n) is 5.09. The Bertz CT molecular complexity index is 678. The van der Waals surface area contributed by atoms with Gasteiger partial charge in [0.15, 0.2) is 0 Å². The lowest BCUT2D eigenvalue weighted by Crippen LogP contribution is -2.41. The number of carbonyl (C=O) groups excluding carboxylic acids is 1. The van der Waals surface area contributed by atoms with E-state index >= 15 is 0 Å². The molecular weight excluding hydrogens is 300 g/mol. The average Bonchev–Trinajstić information content (AvgIpc) is 3.01. The molecule has 0 aliphatic heterocycles. The van der Waals surface area contributed by atoms with Crippen molar-refractivity contribution in [3.8, 4) is 11.3 Å². The number of aliphatic carboxylic acids is 1. The number of hydrogen-bond donors (Lipinski definition) is 2. The lowest BCUT2D eigenvalue weighted by atomic mass is 10.1. The molecule has 1 amide bonds. The van der Waals surface area contributed by atoms with Crippen LogP contribution in [0.15, 0.2) is 34.9 Å². The van der Waals surface area contributed by atoms with Crippen LogP contribution in [0.4, 0.5) is 0 Å². The number of rotatable bonds is 7. The quantitative estimate of drug-likeness (QED) is 0.808. The van der Waals surface area contributed by atoms with Crippen LogP contribution < -0.4 is 5.32 Å². The number of ether oxygens (including phenoxy) is 1. The van der Waals surface area contributed by atoms with Gasteiger partial charge in [0.1, 0.15) is 11.7 Å². The summed E-state index contributed by atoms with van der Waals surface area (Å²) < 4.78 is 9.84. The maximum Gasteiger partial charge on any atom is 0.326 e. The Morgan fingerprint density at radius 3 is 2.65 bits per heavy atom. The van der Waals surface area contributed by atoms with E-state index in [4.69, 9.17) is 14.4 Å². The number of nitrogens with zero attached hydrogens (tertiary/aromatic N) is 1. The SMILES string of the molecule is COCCC(NC(=O)c1cc(-c2ccc(C)cc2)no1)C(=O)O. The minimum atomic E-state index is -1.13. The van der Waals surface area contributed by atoms with E-state index in [9.17, 15) is 9.59 Å². The lowest BCUT2D eigenvalue weighted by molar-refractivity contribution is -0.139. The fraction of sp³-hybridized carbons (Fsp3) is 0.312. The van der Waals surface area contributed by atoms with Gasteiger partial charge in [-0.2, -0.15) is 0 Å². The maximum atomic E-state index is 12.1. The first-order valence-corrected chi connectivity index (χ1v) is 7.07. The van der Waals surface area contributed by atoms with Gasteiger partial charge in [0, 0.05) is 31.8 Å². The Labute approximate surface area is 133 Å². The zero-order valence-electron chi connectivity index (χ0n) is 12.9. The van der Waals surface area contributed by atoms with Crippen molar-refractivity contribution < 1.29 is 24.0 Å². The third-order valence-corrected chi connectivity index (χ3v) is 3.30. The zero-order chi connectivity index (χ0) is 16.8. The van der Waals surface area contributed by atoms with Crippen LogP contribution in [0.5, 0.6) is 0 Å². The number of amides is 1. The molecular formula is C16H18N2O5. The predicted octanol–water partition coefficient (Wildman–Crippen LogP) is 1.87. The predicted molar refractivity (Wildman–Crippen MR) is 82.1 cm³/mol. The van der Waals surface area contributed by atoms with Crippen molar-refractivity contribution >= 4 is 11.9 Å². The summed E-state index contributed by atoms with van der Waals surface area (Å²) in [7, 11) is 1.46. The molecule has 7 nitrogen and oxygen atoms in total.